The van der Waals surface area contributed by atoms with Gasteiger partial charge in [0.2, 0.25) is 24.6 Å². The first-order valence-electron chi connectivity index (χ1n) is 11.1. The Balaban J connectivity index is 1.54. The van der Waals surface area contributed by atoms with Gasteiger partial charge in [-0.2, -0.15) is 0 Å². The van der Waals surface area contributed by atoms with Crippen LogP contribution in [0.15, 0.2) is 24.3 Å². The standard InChI is InChI=1S/C24H30O11/c1-29-14-6-13(9-17-22(14)33-11-32-17)5-4-12-7-15(30-2)23(16(8-12)31-3)35-24-21(28)20(27)19(26)18(10-25)34-24/h6-9,18-21,24-28H,4-5,10-11H2,1-3H3. The van der Waals surface area contributed by atoms with E-state index in [0.29, 0.717) is 41.6 Å². The van der Waals surface area contributed by atoms with Crippen LogP contribution in [-0.4, -0.2) is 85.9 Å². The molecule has 0 aromatic heterocycles. The molecule has 1 saturated heterocycles. The number of ether oxygens (including phenoxy) is 7. The molecule has 4 rings (SSSR count). The van der Waals surface area contributed by atoms with Crippen LogP contribution in [0.4, 0.5) is 0 Å². The quantitative estimate of drug-likeness (QED) is 0.384. The minimum atomic E-state index is -1.57. The van der Waals surface area contributed by atoms with Crippen LogP contribution in [0.2, 0.25) is 0 Å². The molecule has 5 atom stereocenters. The van der Waals surface area contributed by atoms with Crippen LogP contribution in [0.3, 0.4) is 0 Å². The fourth-order valence-corrected chi connectivity index (χ4v) is 4.09. The Hall–Kier alpha value is -2.96. The molecular formula is C24H30O11. The van der Waals surface area contributed by atoms with Crippen LogP contribution >= 0.6 is 0 Å². The van der Waals surface area contributed by atoms with Crippen LogP contribution in [0.25, 0.3) is 0 Å². The van der Waals surface area contributed by atoms with Crippen molar-refractivity contribution in [1.29, 1.82) is 0 Å². The minimum absolute atomic E-state index is 0.146. The Kier molecular flexibility index (Phi) is 7.72. The van der Waals surface area contributed by atoms with Crippen LogP contribution in [-0.2, 0) is 17.6 Å². The lowest BCUT2D eigenvalue weighted by molar-refractivity contribution is -0.277. The van der Waals surface area contributed by atoms with Crippen LogP contribution in [0.5, 0.6) is 34.5 Å². The van der Waals surface area contributed by atoms with Gasteiger partial charge in [0, 0.05) is 0 Å². The van der Waals surface area contributed by atoms with E-state index < -0.39 is 37.3 Å². The molecular weight excluding hydrogens is 464 g/mol. The Morgan fingerprint density at radius 3 is 2.00 bits per heavy atom. The molecule has 0 spiro atoms. The van der Waals surface area contributed by atoms with Gasteiger partial charge in [0.1, 0.15) is 24.4 Å². The fraction of sp³-hybridized carbons (Fsp3) is 0.500. The van der Waals surface area contributed by atoms with Crippen molar-refractivity contribution < 1.29 is 53.6 Å². The van der Waals surface area contributed by atoms with E-state index in [1.807, 2.05) is 12.1 Å². The molecule has 2 aliphatic heterocycles. The first kappa shape index (κ1) is 25.1. The van der Waals surface area contributed by atoms with Crippen LogP contribution in [0, 0.1) is 0 Å². The van der Waals surface area contributed by atoms with Crippen molar-refractivity contribution in [1.82, 2.24) is 0 Å². The third kappa shape index (κ3) is 5.04. The molecule has 2 aromatic rings. The maximum atomic E-state index is 10.3. The predicted octanol–water partition coefficient (Wildman–Crippen LogP) is 0.405. The van der Waals surface area contributed by atoms with Gasteiger partial charge in [-0.25, -0.2) is 0 Å². The Morgan fingerprint density at radius 2 is 1.40 bits per heavy atom. The van der Waals surface area contributed by atoms with Gasteiger partial charge < -0.3 is 53.6 Å². The van der Waals surface area contributed by atoms with Crippen molar-refractivity contribution in [2.45, 2.75) is 43.5 Å². The molecule has 35 heavy (non-hydrogen) atoms. The zero-order valence-electron chi connectivity index (χ0n) is 19.7. The number of aryl methyl sites for hydroxylation is 2. The van der Waals surface area contributed by atoms with Crippen molar-refractivity contribution in [2.75, 3.05) is 34.7 Å². The highest BCUT2D eigenvalue weighted by molar-refractivity contribution is 5.56. The Morgan fingerprint density at radius 1 is 0.800 bits per heavy atom. The van der Waals surface area contributed by atoms with E-state index in [4.69, 9.17) is 33.2 Å². The average Bonchev–Trinajstić information content (AvgIpc) is 3.36. The van der Waals surface area contributed by atoms with Gasteiger partial charge >= 0.3 is 0 Å². The van der Waals surface area contributed by atoms with E-state index in [2.05, 4.69) is 0 Å². The summed E-state index contributed by atoms with van der Waals surface area (Å²) < 4.78 is 38.6. The van der Waals surface area contributed by atoms with Crippen molar-refractivity contribution in [3.8, 4) is 34.5 Å². The number of aliphatic hydroxyl groups is 4. The molecule has 1 fully saturated rings. The summed E-state index contributed by atoms with van der Waals surface area (Å²) in [6.07, 6.45) is -5.82. The van der Waals surface area contributed by atoms with Gasteiger partial charge in [-0.3, -0.25) is 0 Å². The number of benzene rings is 2. The Labute approximate surface area is 202 Å². The molecule has 0 saturated carbocycles. The lowest BCUT2D eigenvalue weighted by atomic mass is 9.99. The van der Waals surface area contributed by atoms with E-state index in [0.717, 1.165) is 11.1 Å². The SMILES string of the molecule is COc1cc(CCc2cc(OC)c(OC3OC(CO)C(O)C(O)C3O)c(OC)c2)cc2c1OCO2. The van der Waals surface area contributed by atoms with Gasteiger partial charge in [0.25, 0.3) is 0 Å². The molecule has 2 aliphatic rings. The molecule has 2 heterocycles. The van der Waals surface area contributed by atoms with Crippen LogP contribution in [0.1, 0.15) is 11.1 Å². The van der Waals surface area contributed by atoms with Crippen molar-refractivity contribution in [3.05, 3.63) is 35.4 Å². The minimum Gasteiger partial charge on any atom is -0.493 e. The summed E-state index contributed by atoms with van der Waals surface area (Å²) in [6.45, 7) is -0.415. The maximum absolute atomic E-state index is 10.3. The summed E-state index contributed by atoms with van der Waals surface area (Å²) >= 11 is 0. The average molecular weight is 494 g/mol. The number of methoxy groups -OCH3 is 3. The summed E-state index contributed by atoms with van der Waals surface area (Å²) in [5, 5.41) is 39.8. The zero-order valence-corrected chi connectivity index (χ0v) is 19.7. The summed E-state index contributed by atoms with van der Waals surface area (Å²) in [5.74, 6) is 2.62. The molecule has 4 N–H and O–H groups in total. The summed E-state index contributed by atoms with van der Waals surface area (Å²) in [4.78, 5) is 0. The van der Waals surface area contributed by atoms with Gasteiger partial charge in [-0.1, -0.05) is 0 Å². The molecule has 0 radical (unpaired) electrons. The second kappa shape index (κ2) is 10.8. The molecule has 11 heteroatoms. The van der Waals surface area contributed by atoms with E-state index in [-0.39, 0.29) is 12.5 Å². The van der Waals surface area contributed by atoms with E-state index in [1.54, 1.807) is 19.2 Å². The van der Waals surface area contributed by atoms with Crippen molar-refractivity contribution in [3.63, 3.8) is 0 Å². The smallest absolute Gasteiger partial charge is 0.231 e. The second-order valence-corrected chi connectivity index (χ2v) is 8.18. The molecule has 2 aromatic carbocycles. The van der Waals surface area contributed by atoms with Gasteiger partial charge in [0.05, 0.1) is 27.9 Å². The Bertz CT molecular complexity index is 1000. The highest BCUT2D eigenvalue weighted by Gasteiger charge is 2.45. The van der Waals surface area contributed by atoms with E-state index in [9.17, 15) is 20.4 Å². The maximum Gasteiger partial charge on any atom is 0.231 e. The highest BCUT2D eigenvalue weighted by Crippen LogP contribution is 2.43. The number of hydrogen-bond acceptors (Lipinski definition) is 11. The number of rotatable bonds is 9. The number of fused-ring (bicyclic) bond motifs is 1. The highest BCUT2D eigenvalue weighted by atomic mass is 16.7. The summed E-state index contributed by atoms with van der Waals surface area (Å²) in [7, 11) is 4.49. The van der Waals surface area contributed by atoms with Gasteiger partial charge in [0.15, 0.2) is 23.0 Å². The molecule has 5 unspecified atom stereocenters. The predicted molar refractivity (Wildman–Crippen MR) is 120 cm³/mol. The van der Waals surface area contributed by atoms with Crippen molar-refractivity contribution >= 4 is 0 Å². The second-order valence-electron chi connectivity index (χ2n) is 8.18. The zero-order chi connectivity index (χ0) is 25.1. The van der Waals surface area contributed by atoms with Gasteiger partial charge in [-0.15, -0.1) is 0 Å². The summed E-state index contributed by atoms with van der Waals surface area (Å²) in [5.41, 5.74) is 1.88. The molecule has 0 amide bonds. The molecule has 0 bridgehead atoms. The number of aliphatic hydroxyl groups excluding tert-OH is 4. The summed E-state index contributed by atoms with van der Waals surface area (Å²) in [6, 6.07) is 7.35. The molecule has 0 aliphatic carbocycles. The first-order valence-corrected chi connectivity index (χ1v) is 11.1. The first-order chi connectivity index (χ1) is 16.9. The fourth-order valence-electron chi connectivity index (χ4n) is 4.09. The van der Waals surface area contributed by atoms with E-state index >= 15 is 0 Å². The molecule has 192 valence electrons. The monoisotopic (exact) mass is 494 g/mol. The third-order valence-corrected chi connectivity index (χ3v) is 6.02. The number of hydrogen-bond donors (Lipinski definition) is 4. The lowest BCUT2D eigenvalue weighted by Gasteiger charge is -2.39. The largest absolute Gasteiger partial charge is 0.493 e. The lowest BCUT2D eigenvalue weighted by Crippen LogP contribution is -2.60. The third-order valence-electron chi connectivity index (χ3n) is 6.02. The van der Waals surface area contributed by atoms with E-state index in [1.165, 1.54) is 14.2 Å². The topological polar surface area (TPSA) is 146 Å². The normalized spacial score (nSPS) is 25.3. The van der Waals surface area contributed by atoms with Crippen molar-refractivity contribution in [2.24, 2.45) is 0 Å². The molecule has 11 nitrogen and oxygen atoms in total. The van der Waals surface area contributed by atoms with Gasteiger partial charge in [-0.05, 0) is 48.2 Å². The van der Waals surface area contributed by atoms with Crippen LogP contribution < -0.4 is 28.4 Å².